The van der Waals surface area contributed by atoms with Gasteiger partial charge >= 0.3 is 0 Å². The zero-order valence-corrected chi connectivity index (χ0v) is 22.9. The van der Waals surface area contributed by atoms with Gasteiger partial charge in [-0.3, -0.25) is 14.7 Å². The van der Waals surface area contributed by atoms with Gasteiger partial charge in [0, 0.05) is 39.3 Å². The second-order valence-electron chi connectivity index (χ2n) is 8.07. The number of carbonyl (C=O) groups excluding carboxylic acids is 1. The summed E-state index contributed by atoms with van der Waals surface area (Å²) in [5.74, 6) is 2.54. The molecule has 1 aliphatic rings. The zero-order valence-electron chi connectivity index (χ0n) is 20.6. The maximum absolute atomic E-state index is 11.9. The smallest absolute Gasteiger partial charge is 0.234 e. The van der Waals surface area contributed by atoms with Crippen molar-refractivity contribution in [3.63, 3.8) is 0 Å². The van der Waals surface area contributed by atoms with Gasteiger partial charge in [-0.2, -0.15) is 0 Å². The summed E-state index contributed by atoms with van der Waals surface area (Å²) in [5.41, 5.74) is 1.23. The van der Waals surface area contributed by atoms with Crippen molar-refractivity contribution in [3.8, 4) is 11.5 Å². The van der Waals surface area contributed by atoms with Crippen molar-refractivity contribution in [2.24, 2.45) is 4.99 Å². The number of piperidine rings is 1. The Bertz CT molecular complexity index is 724. The number of nitrogens with zero attached hydrogens (tertiary/aromatic N) is 2. The van der Waals surface area contributed by atoms with Crippen molar-refractivity contribution < 1.29 is 14.3 Å². The van der Waals surface area contributed by atoms with Gasteiger partial charge in [-0.25, -0.2) is 0 Å². The molecule has 2 rings (SSSR count). The molecule has 33 heavy (non-hydrogen) atoms. The van der Waals surface area contributed by atoms with Crippen LogP contribution in [-0.4, -0.2) is 76.3 Å². The Hall–Kier alpha value is -1.75. The van der Waals surface area contributed by atoms with E-state index in [2.05, 4.69) is 44.9 Å². The molecule has 0 unspecified atom stereocenters. The van der Waals surface area contributed by atoms with Crippen LogP contribution in [0.2, 0.25) is 0 Å². The van der Waals surface area contributed by atoms with Crippen LogP contribution in [0.25, 0.3) is 0 Å². The molecular formula is C24H42IN5O3. The van der Waals surface area contributed by atoms with Crippen LogP contribution >= 0.6 is 24.0 Å². The summed E-state index contributed by atoms with van der Waals surface area (Å²) >= 11 is 0. The number of rotatable bonds is 12. The topological polar surface area (TPSA) is 87.2 Å². The standard InChI is InChI=1S/C24H41N5O3.HI/c1-5-13-26-23(30)18-29-15-11-20(12-16-29)28-24(25-3)27-14-7-8-19-9-10-21(31-4)22(17-19)32-6-2;/h9-10,17,20H,5-8,11-16,18H2,1-4H3,(H,26,30)(H2,25,27,28);1H. The van der Waals surface area contributed by atoms with Crippen molar-refractivity contribution in [3.05, 3.63) is 23.8 Å². The lowest BCUT2D eigenvalue weighted by atomic mass is 10.1. The highest BCUT2D eigenvalue weighted by molar-refractivity contribution is 14.0. The van der Waals surface area contributed by atoms with Gasteiger partial charge in [-0.1, -0.05) is 13.0 Å². The first kappa shape index (κ1) is 29.3. The molecule has 1 fully saturated rings. The van der Waals surface area contributed by atoms with Gasteiger partial charge in [-0.15, -0.1) is 24.0 Å². The maximum atomic E-state index is 11.9. The summed E-state index contributed by atoms with van der Waals surface area (Å²) in [7, 11) is 3.47. The van der Waals surface area contributed by atoms with E-state index in [0.717, 1.165) is 75.7 Å². The molecule has 3 N–H and O–H groups in total. The highest BCUT2D eigenvalue weighted by atomic mass is 127. The van der Waals surface area contributed by atoms with E-state index in [9.17, 15) is 4.79 Å². The van der Waals surface area contributed by atoms with E-state index in [1.165, 1.54) is 5.56 Å². The highest BCUT2D eigenvalue weighted by Gasteiger charge is 2.21. The van der Waals surface area contributed by atoms with Crippen molar-refractivity contribution in [1.29, 1.82) is 0 Å². The molecular weight excluding hydrogens is 533 g/mol. The predicted molar refractivity (Wildman–Crippen MR) is 145 cm³/mol. The van der Waals surface area contributed by atoms with Crippen molar-refractivity contribution >= 4 is 35.8 Å². The van der Waals surface area contributed by atoms with E-state index in [0.29, 0.717) is 19.2 Å². The zero-order chi connectivity index (χ0) is 23.2. The maximum Gasteiger partial charge on any atom is 0.234 e. The summed E-state index contributed by atoms with van der Waals surface area (Å²) in [6.07, 6.45) is 4.93. The number of amides is 1. The molecule has 1 heterocycles. The Morgan fingerprint density at radius 1 is 1.15 bits per heavy atom. The summed E-state index contributed by atoms with van der Waals surface area (Å²) < 4.78 is 11.0. The van der Waals surface area contributed by atoms with Crippen molar-refractivity contribution in [2.75, 3.05) is 53.5 Å². The number of hydrogen-bond acceptors (Lipinski definition) is 5. The number of ether oxygens (including phenoxy) is 2. The minimum absolute atomic E-state index is 0. The van der Waals surface area contributed by atoms with Crippen LogP contribution in [-0.2, 0) is 11.2 Å². The number of methoxy groups -OCH3 is 1. The first-order valence-electron chi connectivity index (χ1n) is 11.9. The highest BCUT2D eigenvalue weighted by Crippen LogP contribution is 2.28. The molecule has 0 spiro atoms. The fourth-order valence-corrected chi connectivity index (χ4v) is 3.79. The van der Waals surface area contributed by atoms with E-state index in [1.807, 2.05) is 13.0 Å². The van der Waals surface area contributed by atoms with Gasteiger partial charge < -0.3 is 25.4 Å². The normalized spacial score (nSPS) is 14.8. The molecule has 0 radical (unpaired) electrons. The molecule has 0 aliphatic carbocycles. The van der Waals surface area contributed by atoms with Crippen molar-refractivity contribution in [1.82, 2.24) is 20.9 Å². The monoisotopic (exact) mass is 575 g/mol. The molecule has 188 valence electrons. The van der Waals surface area contributed by atoms with Crippen LogP contribution in [0.15, 0.2) is 23.2 Å². The van der Waals surface area contributed by atoms with Crippen LogP contribution in [0.3, 0.4) is 0 Å². The molecule has 1 saturated heterocycles. The number of nitrogens with one attached hydrogen (secondary N) is 3. The Balaban J connectivity index is 0.00000544. The van der Waals surface area contributed by atoms with Gasteiger partial charge in [0.1, 0.15) is 0 Å². The number of carbonyl (C=O) groups is 1. The van der Waals surface area contributed by atoms with Gasteiger partial charge in [0.25, 0.3) is 0 Å². The van der Waals surface area contributed by atoms with Gasteiger partial charge in [0.05, 0.1) is 20.3 Å². The number of aliphatic imine (C=N–C) groups is 1. The SMILES string of the molecule is CCCNC(=O)CN1CCC(NC(=NC)NCCCc2ccc(OC)c(OCC)c2)CC1.I. The molecule has 0 saturated carbocycles. The average molecular weight is 576 g/mol. The fourth-order valence-electron chi connectivity index (χ4n) is 3.79. The molecule has 1 aromatic carbocycles. The van der Waals surface area contributed by atoms with Crippen molar-refractivity contribution in [2.45, 2.75) is 52.0 Å². The molecule has 1 aromatic rings. The number of benzene rings is 1. The summed E-state index contributed by atoms with van der Waals surface area (Å²) in [6.45, 7) is 8.60. The van der Waals surface area contributed by atoms with Crippen LogP contribution in [0.4, 0.5) is 0 Å². The molecule has 9 heteroatoms. The Morgan fingerprint density at radius 3 is 2.55 bits per heavy atom. The third-order valence-corrected chi connectivity index (χ3v) is 5.55. The minimum atomic E-state index is 0. The Labute approximate surface area is 216 Å². The van der Waals surface area contributed by atoms with E-state index in [-0.39, 0.29) is 29.9 Å². The first-order chi connectivity index (χ1) is 15.6. The van der Waals surface area contributed by atoms with E-state index in [4.69, 9.17) is 9.47 Å². The molecule has 1 amide bonds. The van der Waals surface area contributed by atoms with E-state index in [1.54, 1.807) is 14.2 Å². The lowest BCUT2D eigenvalue weighted by Gasteiger charge is -2.32. The molecule has 0 bridgehead atoms. The van der Waals surface area contributed by atoms with Gasteiger partial charge in [0.15, 0.2) is 17.5 Å². The molecule has 0 atom stereocenters. The molecule has 1 aliphatic heterocycles. The number of halogens is 1. The Morgan fingerprint density at radius 2 is 1.91 bits per heavy atom. The quantitative estimate of drug-likeness (QED) is 0.154. The lowest BCUT2D eigenvalue weighted by Crippen LogP contribution is -2.50. The number of likely N-dealkylation sites (tertiary alicyclic amines) is 1. The van der Waals surface area contributed by atoms with Crippen LogP contribution in [0.1, 0.15) is 45.1 Å². The third kappa shape index (κ3) is 10.8. The molecule has 8 nitrogen and oxygen atoms in total. The predicted octanol–water partition coefficient (Wildman–Crippen LogP) is 2.80. The van der Waals surface area contributed by atoms with E-state index < -0.39 is 0 Å². The number of hydrogen-bond donors (Lipinski definition) is 3. The second-order valence-corrected chi connectivity index (χ2v) is 8.07. The van der Waals surface area contributed by atoms with Gasteiger partial charge in [0.2, 0.25) is 5.91 Å². The van der Waals surface area contributed by atoms with Gasteiger partial charge in [-0.05, 0) is 56.7 Å². The lowest BCUT2D eigenvalue weighted by molar-refractivity contribution is -0.122. The number of aryl methyl sites for hydroxylation is 1. The number of guanidine groups is 1. The van der Waals surface area contributed by atoms with Crippen LogP contribution in [0, 0.1) is 0 Å². The largest absolute Gasteiger partial charge is 0.493 e. The minimum Gasteiger partial charge on any atom is -0.493 e. The summed E-state index contributed by atoms with van der Waals surface area (Å²) in [4.78, 5) is 18.5. The van der Waals surface area contributed by atoms with E-state index >= 15 is 0 Å². The first-order valence-corrected chi connectivity index (χ1v) is 11.9. The van der Waals surface area contributed by atoms with Crippen LogP contribution < -0.4 is 25.4 Å². The summed E-state index contributed by atoms with van der Waals surface area (Å²) in [6, 6.07) is 6.50. The molecule has 0 aromatic heterocycles. The third-order valence-electron chi connectivity index (χ3n) is 5.55. The fraction of sp³-hybridized carbons (Fsp3) is 0.667. The second kappa shape index (κ2) is 16.8. The average Bonchev–Trinajstić information content (AvgIpc) is 2.81. The Kier molecular flexibility index (Phi) is 14.9. The van der Waals surface area contributed by atoms with Crippen LogP contribution in [0.5, 0.6) is 11.5 Å². The summed E-state index contributed by atoms with van der Waals surface area (Å²) in [5, 5.41) is 9.90.